The van der Waals surface area contributed by atoms with Crippen LogP contribution in [0.15, 0.2) is 30.3 Å². The van der Waals surface area contributed by atoms with E-state index in [9.17, 15) is 9.90 Å². The van der Waals surface area contributed by atoms with Crippen LogP contribution >= 0.6 is 0 Å². The van der Waals surface area contributed by atoms with E-state index in [0.29, 0.717) is 0 Å². The van der Waals surface area contributed by atoms with Crippen LogP contribution < -0.4 is 0 Å². The molecule has 20 heavy (non-hydrogen) atoms. The number of unbranched alkanes of at least 4 members (excludes halogenated alkanes) is 1. The molecule has 1 saturated heterocycles. The highest BCUT2D eigenvalue weighted by Gasteiger charge is 2.36. The van der Waals surface area contributed by atoms with Crippen LogP contribution in [0.3, 0.4) is 0 Å². The molecule has 0 atom stereocenters. The Hall–Kier alpha value is -1.35. The molecule has 1 aliphatic heterocycles. The van der Waals surface area contributed by atoms with Gasteiger partial charge in [-0.05, 0) is 64.2 Å². The monoisotopic (exact) mass is 275 g/mol. The summed E-state index contributed by atoms with van der Waals surface area (Å²) in [4.78, 5) is 13.6. The van der Waals surface area contributed by atoms with Crippen molar-refractivity contribution < 1.29 is 9.90 Å². The molecule has 3 heteroatoms. The van der Waals surface area contributed by atoms with Gasteiger partial charge in [0, 0.05) is 0 Å². The van der Waals surface area contributed by atoms with E-state index in [4.69, 9.17) is 0 Å². The van der Waals surface area contributed by atoms with Crippen LogP contribution in [0.25, 0.3) is 0 Å². The number of rotatable bonds is 6. The van der Waals surface area contributed by atoms with Crippen LogP contribution in [0.5, 0.6) is 0 Å². The van der Waals surface area contributed by atoms with Crippen molar-refractivity contribution in [2.45, 2.75) is 39.0 Å². The Bertz CT molecular complexity index is 422. The van der Waals surface area contributed by atoms with Crippen molar-refractivity contribution in [3.8, 4) is 0 Å². The minimum Gasteiger partial charge on any atom is -0.481 e. The quantitative estimate of drug-likeness (QED) is 0.811. The molecule has 0 bridgehead atoms. The standard InChI is InChI=1S/C17H25NO2/c1-17(16(19)20)10-13-18(14-11-17)12-6-5-9-15-7-3-2-4-8-15/h2-4,7-8H,5-6,9-14H2,1H3,(H,19,20). The second-order valence-corrected chi connectivity index (χ2v) is 6.15. The van der Waals surface area contributed by atoms with Crippen molar-refractivity contribution in [3.05, 3.63) is 35.9 Å². The fourth-order valence-electron chi connectivity index (χ4n) is 2.79. The second-order valence-electron chi connectivity index (χ2n) is 6.15. The summed E-state index contributed by atoms with van der Waals surface area (Å²) in [7, 11) is 0. The van der Waals surface area contributed by atoms with Crippen LogP contribution in [0.4, 0.5) is 0 Å². The molecule has 110 valence electrons. The SMILES string of the molecule is CC1(C(=O)O)CCN(CCCCc2ccccc2)CC1. The Morgan fingerprint density at radius 3 is 2.45 bits per heavy atom. The number of hydrogen-bond acceptors (Lipinski definition) is 2. The van der Waals surface area contributed by atoms with E-state index in [1.54, 1.807) is 0 Å². The Kier molecular flexibility index (Phi) is 5.18. The molecule has 0 aliphatic carbocycles. The average Bonchev–Trinajstić information content (AvgIpc) is 2.46. The molecule has 0 saturated carbocycles. The third kappa shape index (κ3) is 4.07. The zero-order valence-electron chi connectivity index (χ0n) is 12.3. The Morgan fingerprint density at radius 2 is 1.85 bits per heavy atom. The van der Waals surface area contributed by atoms with Gasteiger partial charge in [-0.2, -0.15) is 0 Å². The molecule has 0 aromatic heterocycles. The van der Waals surface area contributed by atoms with E-state index in [1.165, 1.54) is 18.4 Å². The number of likely N-dealkylation sites (tertiary alicyclic amines) is 1. The van der Waals surface area contributed by atoms with Gasteiger partial charge < -0.3 is 10.0 Å². The predicted octanol–water partition coefficient (Wildman–Crippen LogP) is 3.20. The van der Waals surface area contributed by atoms with E-state index in [0.717, 1.165) is 38.9 Å². The molecule has 1 aromatic rings. The van der Waals surface area contributed by atoms with Gasteiger partial charge in [0.1, 0.15) is 0 Å². The topological polar surface area (TPSA) is 40.5 Å². The number of aryl methyl sites for hydroxylation is 1. The maximum absolute atomic E-state index is 11.2. The molecule has 1 aliphatic rings. The lowest BCUT2D eigenvalue weighted by Crippen LogP contribution is -2.42. The number of benzene rings is 1. The molecule has 0 amide bonds. The first kappa shape index (κ1) is 15.0. The summed E-state index contributed by atoms with van der Waals surface area (Å²) in [6, 6.07) is 10.6. The van der Waals surface area contributed by atoms with Crippen molar-refractivity contribution in [2.75, 3.05) is 19.6 Å². The summed E-state index contributed by atoms with van der Waals surface area (Å²) in [5, 5.41) is 9.21. The molecule has 3 nitrogen and oxygen atoms in total. The number of carboxylic acid groups (broad SMARTS) is 1. The molecule has 1 N–H and O–H groups in total. The maximum atomic E-state index is 11.2. The third-order valence-electron chi connectivity index (χ3n) is 4.51. The van der Waals surface area contributed by atoms with Crippen molar-refractivity contribution in [1.29, 1.82) is 0 Å². The summed E-state index contributed by atoms with van der Waals surface area (Å²) in [5.41, 5.74) is 0.908. The largest absolute Gasteiger partial charge is 0.481 e. The van der Waals surface area contributed by atoms with Crippen molar-refractivity contribution in [2.24, 2.45) is 5.41 Å². The molecule has 0 unspecified atom stereocenters. The lowest BCUT2D eigenvalue weighted by Gasteiger charge is -2.36. The predicted molar refractivity (Wildman–Crippen MR) is 80.8 cm³/mol. The molecule has 1 heterocycles. The van der Waals surface area contributed by atoms with Crippen LogP contribution in [0, 0.1) is 5.41 Å². The zero-order chi connectivity index (χ0) is 14.4. The van der Waals surface area contributed by atoms with Crippen LogP contribution in [-0.4, -0.2) is 35.6 Å². The summed E-state index contributed by atoms with van der Waals surface area (Å²) in [6.07, 6.45) is 5.10. The van der Waals surface area contributed by atoms with Gasteiger partial charge >= 0.3 is 5.97 Å². The number of hydrogen-bond donors (Lipinski definition) is 1. The molecule has 1 fully saturated rings. The number of aliphatic carboxylic acids is 1. The fraction of sp³-hybridized carbons (Fsp3) is 0.588. The zero-order valence-corrected chi connectivity index (χ0v) is 12.3. The highest BCUT2D eigenvalue weighted by Crippen LogP contribution is 2.31. The van der Waals surface area contributed by atoms with Gasteiger partial charge in [-0.3, -0.25) is 4.79 Å². The van der Waals surface area contributed by atoms with Gasteiger partial charge in [0.15, 0.2) is 0 Å². The lowest BCUT2D eigenvalue weighted by molar-refractivity contribution is -0.150. The lowest BCUT2D eigenvalue weighted by atomic mass is 9.80. The molecule has 2 rings (SSSR count). The van der Waals surface area contributed by atoms with Gasteiger partial charge in [-0.1, -0.05) is 30.3 Å². The minimum absolute atomic E-state index is 0.499. The first-order chi connectivity index (χ1) is 9.60. The molecule has 0 radical (unpaired) electrons. The van der Waals surface area contributed by atoms with Crippen LogP contribution in [-0.2, 0) is 11.2 Å². The van der Waals surface area contributed by atoms with E-state index in [2.05, 4.69) is 35.2 Å². The van der Waals surface area contributed by atoms with Crippen LogP contribution in [0.2, 0.25) is 0 Å². The summed E-state index contributed by atoms with van der Waals surface area (Å²) >= 11 is 0. The first-order valence-corrected chi connectivity index (χ1v) is 7.60. The minimum atomic E-state index is -0.638. The number of piperidine rings is 1. The van der Waals surface area contributed by atoms with Gasteiger partial charge in [0.05, 0.1) is 5.41 Å². The fourth-order valence-corrected chi connectivity index (χ4v) is 2.79. The Labute approximate surface area is 121 Å². The van der Waals surface area contributed by atoms with E-state index in [-0.39, 0.29) is 0 Å². The van der Waals surface area contributed by atoms with E-state index in [1.807, 2.05) is 6.92 Å². The molecular formula is C17H25NO2. The molecule has 0 spiro atoms. The Balaban J connectivity index is 1.63. The molecular weight excluding hydrogens is 250 g/mol. The summed E-state index contributed by atoms with van der Waals surface area (Å²) in [6.45, 7) is 4.83. The van der Waals surface area contributed by atoms with Gasteiger partial charge in [-0.15, -0.1) is 0 Å². The smallest absolute Gasteiger partial charge is 0.309 e. The first-order valence-electron chi connectivity index (χ1n) is 7.60. The maximum Gasteiger partial charge on any atom is 0.309 e. The van der Waals surface area contributed by atoms with E-state index < -0.39 is 11.4 Å². The van der Waals surface area contributed by atoms with Gasteiger partial charge in [0.2, 0.25) is 0 Å². The van der Waals surface area contributed by atoms with Gasteiger partial charge in [-0.25, -0.2) is 0 Å². The molecule has 1 aromatic carbocycles. The average molecular weight is 275 g/mol. The number of nitrogens with zero attached hydrogens (tertiary/aromatic N) is 1. The highest BCUT2D eigenvalue weighted by atomic mass is 16.4. The van der Waals surface area contributed by atoms with Crippen molar-refractivity contribution in [3.63, 3.8) is 0 Å². The van der Waals surface area contributed by atoms with Crippen molar-refractivity contribution >= 4 is 5.97 Å². The highest BCUT2D eigenvalue weighted by molar-refractivity contribution is 5.74. The summed E-state index contributed by atoms with van der Waals surface area (Å²) < 4.78 is 0. The number of carboxylic acids is 1. The van der Waals surface area contributed by atoms with Gasteiger partial charge in [0.25, 0.3) is 0 Å². The third-order valence-corrected chi connectivity index (χ3v) is 4.51. The van der Waals surface area contributed by atoms with E-state index >= 15 is 0 Å². The van der Waals surface area contributed by atoms with Crippen molar-refractivity contribution in [1.82, 2.24) is 4.90 Å². The summed E-state index contributed by atoms with van der Waals surface area (Å²) in [5.74, 6) is -0.638. The second kappa shape index (κ2) is 6.89. The normalized spacial score (nSPS) is 18.9. The number of carbonyl (C=O) groups is 1. The van der Waals surface area contributed by atoms with Crippen LogP contribution in [0.1, 0.15) is 38.2 Å². The Morgan fingerprint density at radius 1 is 1.20 bits per heavy atom.